The van der Waals surface area contributed by atoms with Crippen LogP contribution in [0.5, 0.6) is 0 Å². The second-order valence-electron chi connectivity index (χ2n) is 4.91. The Bertz CT molecular complexity index is 523. The number of nitrogens with one attached hydrogen (secondary N) is 1. The first-order valence-corrected chi connectivity index (χ1v) is 6.52. The van der Waals surface area contributed by atoms with Crippen molar-refractivity contribution in [2.75, 3.05) is 0 Å². The van der Waals surface area contributed by atoms with Gasteiger partial charge in [0.2, 0.25) is 0 Å². The highest BCUT2D eigenvalue weighted by Crippen LogP contribution is 2.08. The summed E-state index contributed by atoms with van der Waals surface area (Å²) < 4.78 is 12.8. The van der Waals surface area contributed by atoms with Gasteiger partial charge in [-0.3, -0.25) is 4.98 Å². The zero-order valence-corrected chi connectivity index (χ0v) is 11.4. The molecule has 100 valence electrons. The molecule has 0 saturated heterocycles. The highest BCUT2D eigenvalue weighted by molar-refractivity contribution is 5.21. The molecule has 2 rings (SSSR count). The van der Waals surface area contributed by atoms with Gasteiger partial charge in [-0.25, -0.2) is 4.39 Å². The van der Waals surface area contributed by atoms with Crippen molar-refractivity contribution in [3.8, 4) is 0 Å². The van der Waals surface area contributed by atoms with Gasteiger partial charge in [0, 0.05) is 25.0 Å². The molecule has 1 atom stereocenters. The van der Waals surface area contributed by atoms with Gasteiger partial charge in [0.05, 0.1) is 0 Å². The molecule has 1 heterocycles. The fourth-order valence-corrected chi connectivity index (χ4v) is 2.03. The van der Waals surface area contributed by atoms with Crippen LogP contribution in [0.25, 0.3) is 0 Å². The predicted molar refractivity (Wildman–Crippen MR) is 75.4 cm³/mol. The molecule has 2 nitrogen and oxygen atoms in total. The summed E-state index contributed by atoms with van der Waals surface area (Å²) in [6.45, 7) is 5.03. The zero-order valence-electron chi connectivity index (χ0n) is 11.4. The lowest BCUT2D eigenvalue weighted by Crippen LogP contribution is -2.27. The average molecular weight is 258 g/mol. The summed E-state index contributed by atoms with van der Waals surface area (Å²) >= 11 is 0. The summed E-state index contributed by atoms with van der Waals surface area (Å²) in [7, 11) is 0. The number of nitrogens with zero attached hydrogens (tertiary/aromatic N) is 1. The predicted octanol–water partition coefficient (Wildman–Crippen LogP) is 3.25. The molecule has 0 spiro atoms. The minimum absolute atomic E-state index is 0.184. The van der Waals surface area contributed by atoms with E-state index < -0.39 is 0 Å². The van der Waals surface area contributed by atoms with Gasteiger partial charge in [-0.2, -0.15) is 0 Å². The molecule has 1 unspecified atom stereocenters. The number of hydrogen-bond donors (Lipinski definition) is 1. The molecule has 19 heavy (non-hydrogen) atoms. The minimum Gasteiger partial charge on any atom is -0.310 e. The van der Waals surface area contributed by atoms with Crippen LogP contribution in [0.15, 0.2) is 42.7 Å². The maximum Gasteiger partial charge on any atom is 0.123 e. The maximum absolute atomic E-state index is 12.8. The third-order valence-corrected chi connectivity index (χ3v) is 3.23. The minimum atomic E-state index is -0.184. The molecule has 0 amide bonds. The van der Waals surface area contributed by atoms with E-state index in [2.05, 4.69) is 24.1 Å². The van der Waals surface area contributed by atoms with Crippen LogP contribution in [0.1, 0.15) is 23.6 Å². The first kappa shape index (κ1) is 13.7. The van der Waals surface area contributed by atoms with Gasteiger partial charge in [-0.05, 0) is 55.2 Å². The molecular formula is C16H19FN2. The van der Waals surface area contributed by atoms with E-state index in [1.807, 2.05) is 30.6 Å². The summed E-state index contributed by atoms with van der Waals surface area (Å²) in [4.78, 5) is 4.08. The number of halogens is 1. The van der Waals surface area contributed by atoms with Crippen LogP contribution >= 0.6 is 0 Å². The molecule has 3 heteroatoms. The van der Waals surface area contributed by atoms with Crippen LogP contribution in [0.2, 0.25) is 0 Å². The Morgan fingerprint density at radius 2 is 1.95 bits per heavy atom. The second kappa shape index (κ2) is 6.43. The lowest BCUT2D eigenvalue weighted by Gasteiger charge is -2.15. The standard InChI is InChI=1S/C16H19FN2/c1-12-10-18-8-7-15(12)11-19-13(2)9-14-3-5-16(17)6-4-14/h3-8,10,13,19H,9,11H2,1-2H3. The monoisotopic (exact) mass is 258 g/mol. The molecule has 1 aromatic heterocycles. The van der Waals surface area contributed by atoms with E-state index >= 15 is 0 Å². The zero-order chi connectivity index (χ0) is 13.7. The van der Waals surface area contributed by atoms with E-state index in [1.54, 1.807) is 0 Å². The molecule has 0 aliphatic rings. The van der Waals surface area contributed by atoms with Crippen LogP contribution < -0.4 is 5.32 Å². The van der Waals surface area contributed by atoms with Crippen molar-refractivity contribution in [3.05, 3.63) is 65.2 Å². The Morgan fingerprint density at radius 1 is 1.21 bits per heavy atom. The topological polar surface area (TPSA) is 24.9 Å². The van der Waals surface area contributed by atoms with Gasteiger partial charge >= 0.3 is 0 Å². The summed E-state index contributed by atoms with van der Waals surface area (Å²) in [5.74, 6) is -0.184. The number of aryl methyl sites for hydroxylation is 1. The maximum atomic E-state index is 12.8. The molecule has 0 fully saturated rings. The van der Waals surface area contributed by atoms with Crippen molar-refractivity contribution in [3.63, 3.8) is 0 Å². The third kappa shape index (κ3) is 4.14. The first-order chi connectivity index (χ1) is 9.15. The number of benzene rings is 1. The van der Waals surface area contributed by atoms with Crippen molar-refractivity contribution in [2.45, 2.75) is 32.9 Å². The van der Waals surface area contributed by atoms with Gasteiger partial charge in [-0.15, -0.1) is 0 Å². The Labute approximate surface area is 113 Å². The lowest BCUT2D eigenvalue weighted by atomic mass is 10.1. The average Bonchev–Trinajstić information content (AvgIpc) is 2.40. The van der Waals surface area contributed by atoms with Crippen LogP contribution in [0, 0.1) is 12.7 Å². The molecule has 1 aromatic carbocycles. The second-order valence-corrected chi connectivity index (χ2v) is 4.91. The van der Waals surface area contributed by atoms with E-state index in [1.165, 1.54) is 23.3 Å². The fraction of sp³-hybridized carbons (Fsp3) is 0.312. The van der Waals surface area contributed by atoms with E-state index in [0.29, 0.717) is 6.04 Å². The van der Waals surface area contributed by atoms with Crippen molar-refractivity contribution in [1.29, 1.82) is 0 Å². The molecule has 0 bridgehead atoms. The van der Waals surface area contributed by atoms with E-state index in [9.17, 15) is 4.39 Å². The van der Waals surface area contributed by atoms with Crippen LogP contribution in [0.3, 0.4) is 0 Å². The Hall–Kier alpha value is -1.74. The van der Waals surface area contributed by atoms with E-state index in [0.717, 1.165) is 18.5 Å². The Balaban J connectivity index is 1.86. The quantitative estimate of drug-likeness (QED) is 0.890. The van der Waals surface area contributed by atoms with Crippen LogP contribution in [-0.4, -0.2) is 11.0 Å². The van der Waals surface area contributed by atoms with Gasteiger partial charge in [0.15, 0.2) is 0 Å². The number of pyridine rings is 1. The Morgan fingerprint density at radius 3 is 2.63 bits per heavy atom. The van der Waals surface area contributed by atoms with Gasteiger partial charge < -0.3 is 5.32 Å². The smallest absolute Gasteiger partial charge is 0.123 e. The summed E-state index contributed by atoms with van der Waals surface area (Å²) in [5.41, 5.74) is 3.61. The highest BCUT2D eigenvalue weighted by atomic mass is 19.1. The number of aromatic nitrogens is 1. The summed E-state index contributed by atoms with van der Waals surface area (Å²) in [6, 6.07) is 9.08. The van der Waals surface area contributed by atoms with Crippen molar-refractivity contribution in [2.24, 2.45) is 0 Å². The summed E-state index contributed by atoms with van der Waals surface area (Å²) in [5, 5.41) is 3.48. The third-order valence-electron chi connectivity index (χ3n) is 3.23. The summed E-state index contributed by atoms with van der Waals surface area (Å²) in [6.07, 6.45) is 4.58. The lowest BCUT2D eigenvalue weighted by molar-refractivity contribution is 0.543. The number of rotatable bonds is 5. The molecule has 0 radical (unpaired) electrons. The van der Waals surface area contributed by atoms with Crippen molar-refractivity contribution < 1.29 is 4.39 Å². The fourth-order valence-electron chi connectivity index (χ4n) is 2.03. The van der Waals surface area contributed by atoms with Gasteiger partial charge in [0.25, 0.3) is 0 Å². The van der Waals surface area contributed by atoms with Gasteiger partial charge in [-0.1, -0.05) is 12.1 Å². The largest absolute Gasteiger partial charge is 0.310 e. The van der Waals surface area contributed by atoms with Crippen molar-refractivity contribution in [1.82, 2.24) is 10.3 Å². The molecule has 0 saturated carbocycles. The normalized spacial score (nSPS) is 12.4. The molecule has 0 aliphatic carbocycles. The molecule has 2 aromatic rings. The van der Waals surface area contributed by atoms with Crippen LogP contribution in [0.4, 0.5) is 4.39 Å². The van der Waals surface area contributed by atoms with Crippen LogP contribution in [-0.2, 0) is 13.0 Å². The van der Waals surface area contributed by atoms with E-state index in [-0.39, 0.29) is 5.82 Å². The first-order valence-electron chi connectivity index (χ1n) is 6.52. The molecular weight excluding hydrogens is 239 g/mol. The van der Waals surface area contributed by atoms with Crippen molar-refractivity contribution >= 4 is 0 Å². The highest BCUT2D eigenvalue weighted by Gasteiger charge is 2.04. The van der Waals surface area contributed by atoms with E-state index in [4.69, 9.17) is 0 Å². The molecule has 1 N–H and O–H groups in total. The van der Waals surface area contributed by atoms with Gasteiger partial charge in [0.1, 0.15) is 5.82 Å². The number of hydrogen-bond acceptors (Lipinski definition) is 2. The Kier molecular flexibility index (Phi) is 4.63. The SMILES string of the molecule is Cc1cnccc1CNC(C)Cc1ccc(F)cc1. The molecule has 0 aliphatic heterocycles.